The summed E-state index contributed by atoms with van der Waals surface area (Å²) in [5.74, 6) is 3.10. The van der Waals surface area contributed by atoms with E-state index in [0.717, 1.165) is 16.5 Å². The molecule has 0 aliphatic heterocycles. The zero-order chi connectivity index (χ0) is 15.6. The monoisotopic (exact) mass is 300 g/mol. The molecule has 0 N–H and O–H groups in total. The van der Waals surface area contributed by atoms with Crippen molar-refractivity contribution in [3.63, 3.8) is 0 Å². The minimum atomic E-state index is -1.46. The molecule has 0 fully saturated rings. The second kappa shape index (κ2) is 5.78. The Labute approximate surface area is 126 Å². The van der Waals surface area contributed by atoms with Gasteiger partial charge >= 0.3 is 5.97 Å². The van der Waals surface area contributed by atoms with Crippen molar-refractivity contribution < 1.29 is 13.9 Å². The third-order valence-electron chi connectivity index (χ3n) is 2.99. The highest BCUT2D eigenvalue weighted by atomic mass is 28.3. The summed E-state index contributed by atoms with van der Waals surface area (Å²) in [5.41, 5.74) is 5.74. The van der Waals surface area contributed by atoms with E-state index in [1.54, 1.807) is 6.92 Å². The lowest BCUT2D eigenvalue weighted by molar-refractivity contribution is 0.0491. The highest BCUT2D eigenvalue weighted by Gasteiger charge is 2.20. The quantitative estimate of drug-likeness (QED) is 0.475. The fourth-order valence-corrected chi connectivity index (χ4v) is 2.56. The molecule has 0 aliphatic carbocycles. The molecule has 110 valence electrons. The van der Waals surface area contributed by atoms with Crippen LogP contribution in [0.15, 0.2) is 22.6 Å². The summed E-state index contributed by atoms with van der Waals surface area (Å²) >= 11 is 0. The molecule has 3 nitrogen and oxygen atoms in total. The Kier molecular flexibility index (Phi) is 4.24. The summed E-state index contributed by atoms with van der Waals surface area (Å²) in [7, 11) is -1.46. The molecular weight excluding hydrogens is 280 g/mol. The van der Waals surface area contributed by atoms with Crippen LogP contribution in [0.4, 0.5) is 0 Å². The fourth-order valence-electron chi connectivity index (χ4n) is 2.05. The Morgan fingerprint density at radius 1 is 1.33 bits per heavy atom. The van der Waals surface area contributed by atoms with E-state index in [4.69, 9.17) is 9.15 Å². The molecule has 0 aliphatic rings. The van der Waals surface area contributed by atoms with Crippen LogP contribution in [0.25, 0.3) is 11.0 Å². The van der Waals surface area contributed by atoms with Crippen LogP contribution in [0.2, 0.25) is 19.6 Å². The van der Waals surface area contributed by atoms with Crippen molar-refractivity contribution in [3.05, 3.63) is 35.1 Å². The summed E-state index contributed by atoms with van der Waals surface area (Å²) in [6, 6.07) is 5.71. The van der Waals surface area contributed by atoms with Gasteiger partial charge in [0.1, 0.15) is 13.7 Å². The van der Waals surface area contributed by atoms with Gasteiger partial charge in [-0.05, 0) is 26.0 Å². The first-order valence-electron chi connectivity index (χ1n) is 7.06. The largest absolute Gasteiger partial charge is 0.460 e. The third-order valence-corrected chi connectivity index (χ3v) is 3.86. The van der Waals surface area contributed by atoms with Crippen LogP contribution in [0.5, 0.6) is 0 Å². The topological polar surface area (TPSA) is 39.4 Å². The zero-order valence-electron chi connectivity index (χ0n) is 13.2. The summed E-state index contributed by atoms with van der Waals surface area (Å²) in [5, 5.41) is 0.909. The Morgan fingerprint density at radius 2 is 2.05 bits per heavy atom. The lowest BCUT2D eigenvalue weighted by Crippen LogP contribution is -2.16. The van der Waals surface area contributed by atoms with Crippen LogP contribution < -0.4 is 0 Å². The van der Waals surface area contributed by atoms with Gasteiger partial charge in [-0.1, -0.05) is 31.6 Å². The van der Waals surface area contributed by atoms with Crippen molar-refractivity contribution >= 4 is 25.0 Å². The molecule has 2 aromatic rings. The number of benzene rings is 1. The molecule has 1 aromatic carbocycles. The number of hydrogen-bond donors (Lipinski definition) is 0. The summed E-state index contributed by atoms with van der Waals surface area (Å²) < 4.78 is 10.7. The van der Waals surface area contributed by atoms with Crippen molar-refractivity contribution in [2.75, 3.05) is 6.61 Å². The standard InChI is InChI=1S/C17H20O3Si/c1-6-19-17(18)16-12(2)15-13(10-11-21(3,4)5)8-7-9-14(15)20-16/h7-9H,6H2,1-5H3. The highest BCUT2D eigenvalue weighted by molar-refractivity contribution is 6.83. The molecule has 4 heteroatoms. The Hall–Kier alpha value is -1.99. The van der Waals surface area contributed by atoms with Crippen LogP contribution in [-0.2, 0) is 4.74 Å². The molecule has 0 bridgehead atoms. The minimum Gasteiger partial charge on any atom is -0.460 e. The maximum absolute atomic E-state index is 11.9. The van der Waals surface area contributed by atoms with Gasteiger partial charge in [-0.25, -0.2) is 4.79 Å². The normalized spacial score (nSPS) is 11.1. The second-order valence-electron chi connectivity index (χ2n) is 5.96. The van der Waals surface area contributed by atoms with E-state index >= 15 is 0 Å². The van der Waals surface area contributed by atoms with Crippen molar-refractivity contribution in [2.24, 2.45) is 0 Å². The van der Waals surface area contributed by atoms with Crippen LogP contribution in [0.3, 0.4) is 0 Å². The number of esters is 1. The van der Waals surface area contributed by atoms with Gasteiger partial charge in [-0.3, -0.25) is 0 Å². The number of aryl methyl sites for hydroxylation is 1. The SMILES string of the molecule is CCOC(=O)c1oc2cccc(C#C[Si](C)(C)C)c2c1C. The smallest absolute Gasteiger partial charge is 0.374 e. The van der Waals surface area contributed by atoms with Crippen molar-refractivity contribution in [2.45, 2.75) is 33.5 Å². The number of carbonyl (C=O) groups excluding carboxylic acids is 1. The summed E-state index contributed by atoms with van der Waals surface area (Å²) in [6.07, 6.45) is 0. The van der Waals surface area contributed by atoms with Crippen LogP contribution in [-0.4, -0.2) is 20.7 Å². The van der Waals surface area contributed by atoms with E-state index < -0.39 is 14.0 Å². The predicted octanol–water partition coefficient (Wildman–Crippen LogP) is 4.15. The van der Waals surface area contributed by atoms with E-state index in [-0.39, 0.29) is 5.76 Å². The van der Waals surface area contributed by atoms with Gasteiger partial charge in [0.25, 0.3) is 0 Å². The molecule has 1 heterocycles. The maximum Gasteiger partial charge on any atom is 0.374 e. The van der Waals surface area contributed by atoms with Gasteiger partial charge in [0, 0.05) is 16.5 Å². The number of fused-ring (bicyclic) bond motifs is 1. The second-order valence-corrected chi connectivity index (χ2v) is 10.7. The van der Waals surface area contributed by atoms with Crippen LogP contribution in [0.1, 0.15) is 28.6 Å². The van der Waals surface area contributed by atoms with Gasteiger partial charge < -0.3 is 9.15 Å². The number of furan rings is 1. The number of ether oxygens (including phenoxy) is 1. The number of rotatable bonds is 2. The molecule has 0 amide bonds. The zero-order valence-corrected chi connectivity index (χ0v) is 14.2. The third kappa shape index (κ3) is 3.37. The Morgan fingerprint density at radius 3 is 2.67 bits per heavy atom. The van der Waals surface area contributed by atoms with E-state index in [1.165, 1.54) is 0 Å². The molecule has 0 spiro atoms. The fraction of sp³-hybridized carbons (Fsp3) is 0.353. The van der Waals surface area contributed by atoms with Gasteiger partial charge in [-0.15, -0.1) is 5.54 Å². The summed E-state index contributed by atoms with van der Waals surface area (Å²) in [6.45, 7) is 10.6. The Bertz CT molecular complexity index is 739. The molecule has 2 rings (SSSR count). The van der Waals surface area contributed by atoms with Gasteiger partial charge in [-0.2, -0.15) is 0 Å². The van der Waals surface area contributed by atoms with Crippen LogP contribution >= 0.6 is 0 Å². The van der Waals surface area contributed by atoms with Gasteiger partial charge in [0.15, 0.2) is 0 Å². The van der Waals surface area contributed by atoms with Crippen LogP contribution in [0, 0.1) is 18.4 Å². The molecule has 1 aromatic heterocycles. The van der Waals surface area contributed by atoms with Gasteiger partial charge in [0.05, 0.1) is 6.61 Å². The molecule has 0 atom stereocenters. The number of hydrogen-bond acceptors (Lipinski definition) is 3. The van der Waals surface area contributed by atoms with E-state index in [1.807, 2.05) is 25.1 Å². The predicted molar refractivity (Wildman–Crippen MR) is 87.1 cm³/mol. The first kappa shape index (κ1) is 15.4. The van der Waals surface area contributed by atoms with Crippen molar-refractivity contribution in [3.8, 4) is 11.5 Å². The van der Waals surface area contributed by atoms with Crippen molar-refractivity contribution in [1.82, 2.24) is 0 Å². The van der Waals surface area contributed by atoms with Gasteiger partial charge in [0.2, 0.25) is 5.76 Å². The highest BCUT2D eigenvalue weighted by Crippen LogP contribution is 2.28. The average molecular weight is 300 g/mol. The molecule has 21 heavy (non-hydrogen) atoms. The molecule has 0 unspecified atom stereocenters. The summed E-state index contributed by atoms with van der Waals surface area (Å²) in [4.78, 5) is 11.9. The minimum absolute atomic E-state index is 0.272. The first-order valence-corrected chi connectivity index (χ1v) is 10.6. The van der Waals surface area contributed by atoms with E-state index in [9.17, 15) is 4.79 Å². The maximum atomic E-state index is 11.9. The molecule has 0 saturated carbocycles. The molecule has 0 saturated heterocycles. The van der Waals surface area contributed by atoms with E-state index in [0.29, 0.717) is 12.2 Å². The Balaban J connectivity index is 2.59. The average Bonchev–Trinajstić information content (AvgIpc) is 2.74. The lowest BCUT2D eigenvalue weighted by Gasteiger charge is -2.03. The molecule has 0 radical (unpaired) electrons. The molecular formula is C17H20O3Si. The van der Waals surface area contributed by atoms with Crippen molar-refractivity contribution in [1.29, 1.82) is 0 Å². The first-order chi connectivity index (χ1) is 9.83. The number of carbonyl (C=O) groups is 1. The lowest BCUT2D eigenvalue weighted by atomic mass is 10.1. The van der Waals surface area contributed by atoms with E-state index in [2.05, 4.69) is 31.1 Å².